The number of unbranched alkanes of at least 4 members (excludes halogenated alkanes) is 21. The largest absolute Gasteiger partial charge is 0.462 e. The summed E-state index contributed by atoms with van der Waals surface area (Å²) in [5.41, 5.74) is 0. The molecule has 0 aliphatic carbocycles. The van der Waals surface area contributed by atoms with Crippen molar-refractivity contribution >= 4 is 17.9 Å². The number of hydrogen-bond acceptors (Lipinski definition) is 6. The number of esters is 3. The van der Waals surface area contributed by atoms with Gasteiger partial charge in [-0.2, -0.15) is 0 Å². The predicted molar refractivity (Wildman–Crippen MR) is 270 cm³/mol. The smallest absolute Gasteiger partial charge is 0.306 e. The lowest BCUT2D eigenvalue weighted by molar-refractivity contribution is -0.167. The van der Waals surface area contributed by atoms with Gasteiger partial charge in [0.1, 0.15) is 13.2 Å². The molecule has 0 aromatic heterocycles. The first-order chi connectivity index (χ1) is 31.0. The maximum Gasteiger partial charge on any atom is 0.306 e. The molecule has 6 heteroatoms. The van der Waals surface area contributed by atoms with Crippen molar-refractivity contribution in [3.05, 3.63) is 85.1 Å². The van der Waals surface area contributed by atoms with E-state index in [1.165, 1.54) is 51.4 Å². The second-order valence-corrected chi connectivity index (χ2v) is 17.0. The molecule has 0 rings (SSSR count). The van der Waals surface area contributed by atoms with Gasteiger partial charge in [0.15, 0.2) is 6.10 Å². The van der Waals surface area contributed by atoms with Gasteiger partial charge < -0.3 is 14.2 Å². The van der Waals surface area contributed by atoms with Gasteiger partial charge in [-0.25, -0.2) is 0 Å². The zero-order valence-electron chi connectivity index (χ0n) is 41.1. The molecule has 6 nitrogen and oxygen atoms in total. The van der Waals surface area contributed by atoms with Crippen LogP contribution in [0.1, 0.15) is 239 Å². The fourth-order valence-corrected chi connectivity index (χ4v) is 6.99. The van der Waals surface area contributed by atoms with Crippen molar-refractivity contribution in [3.8, 4) is 0 Å². The third-order valence-corrected chi connectivity index (χ3v) is 10.9. The van der Waals surface area contributed by atoms with Gasteiger partial charge >= 0.3 is 17.9 Å². The molecule has 0 aliphatic rings. The molecule has 0 fully saturated rings. The topological polar surface area (TPSA) is 78.9 Å². The van der Waals surface area contributed by atoms with Gasteiger partial charge in [-0.3, -0.25) is 14.4 Å². The van der Waals surface area contributed by atoms with Crippen LogP contribution >= 0.6 is 0 Å². The van der Waals surface area contributed by atoms with Crippen LogP contribution in [0, 0.1) is 0 Å². The summed E-state index contributed by atoms with van der Waals surface area (Å²) in [6.45, 7) is 6.37. The molecule has 0 aromatic rings. The van der Waals surface area contributed by atoms with Crippen LogP contribution in [0.25, 0.3) is 0 Å². The van der Waals surface area contributed by atoms with Crippen LogP contribution in [0.3, 0.4) is 0 Å². The van der Waals surface area contributed by atoms with E-state index in [0.717, 1.165) is 148 Å². The molecular weight excluding hydrogens is 781 g/mol. The summed E-state index contributed by atoms with van der Waals surface area (Å²) >= 11 is 0. The van der Waals surface area contributed by atoms with Crippen molar-refractivity contribution in [2.75, 3.05) is 13.2 Å². The van der Waals surface area contributed by atoms with Gasteiger partial charge in [0.05, 0.1) is 0 Å². The Bertz CT molecular complexity index is 1170. The lowest BCUT2D eigenvalue weighted by Crippen LogP contribution is -2.30. The third-order valence-electron chi connectivity index (χ3n) is 10.9. The van der Waals surface area contributed by atoms with Crippen molar-refractivity contribution in [1.82, 2.24) is 0 Å². The molecule has 0 saturated carbocycles. The first-order valence-electron chi connectivity index (χ1n) is 26.1. The average Bonchev–Trinajstić information content (AvgIpc) is 3.28. The second-order valence-electron chi connectivity index (χ2n) is 17.0. The molecule has 0 saturated heterocycles. The zero-order chi connectivity index (χ0) is 45.8. The normalized spacial score (nSPS) is 12.7. The van der Waals surface area contributed by atoms with E-state index in [-0.39, 0.29) is 31.1 Å². The van der Waals surface area contributed by atoms with Crippen LogP contribution in [0.15, 0.2) is 85.1 Å². The Morgan fingerprint density at radius 3 is 0.984 bits per heavy atom. The number of carbonyl (C=O) groups is 3. The Kier molecular flexibility index (Phi) is 48.5. The van der Waals surface area contributed by atoms with E-state index in [1.54, 1.807) is 0 Å². The van der Waals surface area contributed by atoms with Crippen molar-refractivity contribution in [2.24, 2.45) is 0 Å². The molecule has 0 spiro atoms. The summed E-state index contributed by atoms with van der Waals surface area (Å²) < 4.78 is 16.8. The third kappa shape index (κ3) is 49.5. The minimum absolute atomic E-state index is 0.0950. The molecule has 0 bridgehead atoms. The van der Waals surface area contributed by atoms with Crippen molar-refractivity contribution in [3.63, 3.8) is 0 Å². The molecule has 0 aromatic carbocycles. The number of hydrogen-bond donors (Lipinski definition) is 0. The fourth-order valence-electron chi connectivity index (χ4n) is 6.99. The predicted octanol–water partition coefficient (Wildman–Crippen LogP) is 17.2. The standard InChI is InChI=1S/C57H96O6/c1-4-7-10-13-16-19-22-25-28-31-34-37-40-43-46-49-55(58)61-52-54(63-57(60)51-48-45-42-39-36-33-30-27-24-21-18-15-12-9-6-3)53-62-56(59)50-47-44-41-38-35-32-29-26-23-20-17-14-11-8-5-2/h7-8,10-11,16-17,19-20,25-30,54H,4-6,9,12-15,18,21-24,31-53H2,1-3H3. The van der Waals surface area contributed by atoms with Gasteiger partial charge in [0.2, 0.25) is 0 Å². The highest BCUT2D eigenvalue weighted by Gasteiger charge is 2.19. The molecule has 0 unspecified atom stereocenters. The van der Waals surface area contributed by atoms with E-state index in [1.807, 2.05) is 0 Å². The minimum Gasteiger partial charge on any atom is -0.462 e. The van der Waals surface area contributed by atoms with Crippen LogP contribution in [0.2, 0.25) is 0 Å². The van der Waals surface area contributed by atoms with Crippen molar-refractivity contribution in [2.45, 2.75) is 245 Å². The molecule has 0 atom stereocenters. The highest BCUT2D eigenvalue weighted by atomic mass is 16.6. The van der Waals surface area contributed by atoms with E-state index in [2.05, 4.69) is 106 Å². The van der Waals surface area contributed by atoms with Crippen LogP contribution in [-0.2, 0) is 28.6 Å². The van der Waals surface area contributed by atoms with E-state index in [4.69, 9.17) is 14.2 Å². The van der Waals surface area contributed by atoms with E-state index in [0.29, 0.717) is 19.3 Å². The number of ether oxygens (including phenoxy) is 3. The minimum atomic E-state index is -0.795. The molecule has 0 N–H and O–H groups in total. The Morgan fingerprint density at radius 1 is 0.333 bits per heavy atom. The van der Waals surface area contributed by atoms with Gasteiger partial charge in [-0.15, -0.1) is 0 Å². The first kappa shape index (κ1) is 59.6. The van der Waals surface area contributed by atoms with Crippen LogP contribution in [0.5, 0.6) is 0 Å². The summed E-state index contributed by atoms with van der Waals surface area (Å²) in [4.78, 5) is 38.0. The van der Waals surface area contributed by atoms with Crippen molar-refractivity contribution < 1.29 is 28.6 Å². The average molecular weight is 877 g/mol. The fraction of sp³-hybridized carbons (Fsp3) is 0.702. The van der Waals surface area contributed by atoms with Gasteiger partial charge in [0.25, 0.3) is 0 Å². The maximum absolute atomic E-state index is 12.8. The summed E-state index contributed by atoms with van der Waals surface area (Å²) in [7, 11) is 0. The Hall–Kier alpha value is -3.41. The first-order valence-corrected chi connectivity index (χ1v) is 26.1. The van der Waals surface area contributed by atoms with Crippen LogP contribution in [0.4, 0.5) is 0 Å². The van der Waals surface area contributed by atoms with E-state index >= 15 is 0 Å². The number of carbonyl (C=O) groups excluding carboxylic acids is 3. The molecule has 360 valence electrons. The number of allylic oxidation sites excluding steroid dienone is 14. The summed E-state index contributed by atoms with van der Waals surface area (Å²) in [6.07, 6.45) is 65.6. The van der Waals surface area contributed by atoms with E-state index < -0.39 is 6.10 Å². The molecule has 0 heterocycles. The molecule has 0 radical (unpaired) electrons. The van der Waals surface area contributed by atoms with Gasteiger partial charge in [-0.1, -0.05) is 196 Å². The summed E-state index contributed by atoms with van der Waals surface area (Å²) in [5, 5.41) is 0. The van der Waals surface area contributed by atoms with Gasteiger partial charge in [-0.05, 0) is 109 Å². The Morgan fingerprint density at radius 2 is 0.619 bits per heavy atom. The van der Waals surface area contributed by atoms with Crippen molar-refractivity contribution in [1.29, 1.82) is 0 Å². The molecule has 0 amide bonds. The highest BCUT2D eigenvalue weighted by molar-refractivity contribution is 5.71. The molecule has 0 aliphatic heterocycles. The monoisotopic (exact) mass is 877 g/mol. The van der Waals surface area contributed by atoms with Crippen LogP contribution < -0.4 is 0 Å². The summed E-state index contributed by atoms with van der Waals surface area (Å²) in [5.74, 6) is -0.936. The molecule has 63 heavy (non-hydrogen) atoms. The molecular formula is C57H96O6. The quantitative estimate of drug-likeness (QED) is 0.0262. The lowest BCUT2D eigenvalue weighted by Gasteiger charge is -2.18. The second kappa shape index (κ2) is 51.2. The SMILES string of the molecule is CCC=CCC=CCC=CCCCCCCCC(=O)OCC(COC(=O)CCCCCCCC=CCC=CCC=CCC)OC(=O)CCCCCCCC=CCCCCCCCC. The zero-order valence-corrected chi connectivity index (χ0v) is 41.1. The maximum atomic E-state index is 12.8. The highest BCUT2D eigenvalue weighted by Crippen LogP contribution is 2.14. The number of rotatable bonds is 46. The van der Waals surface area contributed by atoms with Crippen LogP contribution in [-0.4, -0.2) is 37.2 Å². The summed E-state index contributed by atoms with van der Waals surface area (Å²) in [6, 6.07) is 0. The Labute approximate surface area is 388 Å². The van der Waals surface area contributed by atoms with E-state index in [9.17, 15) is 14.4 Å². The van der Waals surface area contributed by atoms with Gasteiger partial charge in [0, 0.05) is 19.3 Å². The Balaban J connectivity index is 4.46. The lowest BCUT2D eigenvalue weighted by atomic mass is 10.1.